The Hall–Kier alpha value is -1.72. The van der Waals surface area contributed by atoms with Crippen LogP contribution in [0.5, 0.6) is 0 Å². The van der Waals surface area contributed by atoms with Crippen LogP contribution < -0.4 is 0 Å². The maximum Gasteiger partial charge on any atom is 0.240 e. The molecule has 21 heavy (non-hydrogen) atoms. The summed E-state index contributed by atoms with van der Waals surface area (Å²) in [4.78, 5) is 6.72. The number of aliphatic hydroxyl groups is 1. The maximum atomic E-state index is 9.63. The van der Waals surface area contributed by atoms with Gasteiger partial charge in [0.2, 0.25) is 5.89 Å². The highest BCUT2D eigenvalue weighted by Crippen LogP contribution is 2.21. The zero-order valence-corrected chi connectivity index (χ0v) is 12.3. The average molecular weight is 287 g/mol. The van der Waals surface area contributed by atoms with Crippen LogP contribution in [0.1, 0.15) is 30.6 Å². The van der Waals surface area contributed by atoms with Crippen molar-refractivity contribution in [2.24, 2.45) is 5.92 Å². The SMILES string of the molecule is CC(O)C1CCN(Cc2nc(Cc3ccccc3)no2)C1. The van der Waals surface area contributed by atoms with Gasteiger partial charge in [-0.05, 0) is 31.4 Å². The minimum absolute atomic E-state index is 0.244. The molecule has 2 aromatic rings. The summed E-state index contributed by atoms with van der Waals surface area (Å²) in [6, 6.07) is 10.1. The zero-order chi connectivity index (χ0) is 14.7. The van der Waals surface area contributed by atoms with E-state index < -0.39 is 0 Å². The van der Waals surface area contributed by atoms with Crippen LogP contribution in [0.25, 0.3) is 0 Å². The number of nitrogens with zero attached hydrogens (tertiary/aromatic N) is 3. The second-order valence-corrected chi connectivity index (χ2v) is 5.79. The van der Waals surface area contributed by atoms with Crippen LogP contribution in [0.2, 0.25) is 0 Å². The molecule has 1 aromatic carbocycles. The molecule has 1 N–H and O–H groups in total. The average Bonchev–Trinajstić information content (AvgIpc) is 3.10. The van der Waals surface area contributed by atoms with Crippen molar-refractivity contribution in [3.63, 3.8) is 0 Å². The number of hydrogen-bond donors (Lipinski definition) is 1. The van der Waals surface area contributed by atoms with Gasteiger partial charge in [0.15, 0.2) is 5.82 Å². The normalized spacial score (nSPS) is 20.8. The lowest BCUT2D eigenvalue weighted by molar-refractivity contribution is 0.125. The molecule has 0 radical (unpaired) electrons. The minimum Gasteiger partial charge on any atom is -0.393 e. The van der Waals surface area contributed by atoms with Crippen LogP contribution in [0.3, 0.4) is 0 Å². The summed E-state index contributed by atoms with van der Waals surface area (Å²) in [6.45, 7) is 4.41. The molecule has 5 nitrogen and oxygen atoms in total. The second kappa shape index (κ2) is 6.37. The first-order valence-electron chi connectivity index (χ1n) is 7.46. The molecule has 5 heteroatoms. The number of likely N-dealkylation sites (tertiary alicyclic amines) is 1. The summed E-state index contributed by atoms with van der Waals surface area (Å²) in [5.74, 6) is 1.74. The summed E-state index contributed by atoms with van der Waals surface area (Å²) in [7, 11) is 0. The molecule has 0 amide bonds. The summed E-state index contributed by atoms with van der Waals surface area (Å²) in [5, 5.41) is 13.7. The van der Waals surface area contributed by atoms with Crippen molar-refractivity contribution in [2.75, 3.05) is 13.1 Å². The molecular weight excluding hydrogens is 266 g/mol. The van der Waals surface area contributed by atoms with Crippen LogP contribution in [0, 0.1) is 5.92 Å². The standard InChI is InChI=1S/C16H21N3O2/c1-12(20)14-7-8-19(10-14)11-16-17-15(18-21-16)9-13-5-3-2-4-6-13/h2-6,12,14,20H,7-11H2,1H3. The highest BCUT2D eigenvalue weighted by atomic mass is 16.5. The highest BCUT2D eigenvalue weighted by molar-refractivity contribution is 5.18. The predicted octanol–water partition coefficient (Wildman–Crippen LogP) is 1.86. The van der Waals surface area contributed by atoms with Crippen LogP contribution >= 0.6 is 0 Å². The van der Waals surface area contributed by atoms with Gasteiger partial charge < -0.3 is 9.63 Å². The lowest BCUT2D eigenvalue weighted by Gasteiger charge is -2.15. The molecule has 0 aliphatic carbocycles. The van der Waals surface area contributed by atoms with E-state index in [0.717, 1.165) is 25.3 Å². The molecule has 0 spiro atoms. The molecule has 1 saturated heterocycles. The number of aliphatic hydroxyl groups excluding tert-OH is 1. The summed E-state index contributed by atoms with van der Waals surface area (Å²) in [5.41, 5.74) is 1.18. The van der Waals surface area contributed by atoms with Crippen LogP contribution in [0.15, 0.2) is 34.9 Å². The third-order valence-corrected chi connectivity index (χ3v) is 4.07. The van der Waals surface area contributed by atoms with Crippen molar-refractivity contribution >= 4 is 0 Å². The largest absolute Gasteiger partial charge is 0.393 e. The molecule has 1 aromatic heterocycles. The monoisotopic (exact) mass is 287 g/mol. The van der Waals surface area contributed by atoms with Crippen molar-refractivity contribution in [1.82, 2.24) is 15.0 Å². The molecule has 2 unspecified atom stereocenters. The molecule has 1 aliphatic heterocycles. The number of benzene rings is 1. The van der Waals surface area contributed by atoms with Gasteiger partial charge in [-0.1, -0.05) is 35.5 Å². The lowest BCUT2D eigenvalue weighted by Crippen LogP contribution is -2.24. The molecule has 112 valence electrons. The fourth-order valence-corrected chi connectivity index (χ4v) is 2.80. The Bertz CT molecular complexity index is 568. The van der Waals surface area contributed by atoms with Gasteiger partial charge in [-0.3, -0.25) is 4.90 Å². The highest BCUT2D eigenvalue weighted by Gasteiger charge is 2.27. The van der Waals surface area contributed by atoms with Crippen molar-refractivity contribution in [2.45, 2.75) is 32.4 Å². The van der Waals surface area contributed by atoms with Crippen LogP contribution in [0.4, 0.5) is 0 Å². The Morgan fingerprint density at radius 2 is 2.19 bits per heavy atom. The fraction of sp³-hybridized carbons (Fsp3) is 0.500. The minimum atomic E-state index is -0.244. The van der Waals surface area contributed by atoms with Crippen molar-refractivity contribution in [1.29, 1.82) is 0 Å². The van der Waals surface area contributed by atoms with Gasteiger partial charge in [-0.2, -0.15) is 4.98 Å². The second-order valence-electron chi connectivity index (χ2n) is 5.79. The molecule has 0 saturated carbocycles. The summed E-state index contributed by atoms with van der Waals surface area (Å²) >= 11 is 0. The van der Waals surface area contributed by atoms with Gasteiger partial charge in [0, 0.05) is 13.0 Å². The molecule has 2 heterocycles. The molecule has 1 aliphatic rings. The van der Waals surface area contributed by atoms with E-state index in [1.165, 1.54) is 5.56 Å². The molecule has 2 atom stereocenters. The van der Waals surface area contributed by atoms with Gasteiger partial charge in [-0.25, -0.2) is 0 Å². The molecular formula is C16H21N3O2. The van der Waals surface area contributed by atoms with Crippen molar-refractivity contribution in [3.8, 4) is 0 Å². The summed E-state index contributed by atoms with van der Waals surface area (Å²) < 4.78 is 5.33. The molecule has 3 rings (SSSR count). The van der Waals surface area contributed by atoms with Gasteiger partial charge in [-0.15, -0.1) is 0 Å². The third-order valence-electron chi connectivity index (χ3n) is 4.07. The van der Waals surface area contributed by atoms with E-state index in [1.807, 2.05) is 25.1 Å². The van der Waals surface area contributed by atoms with E-state index in [9.17, 15) is 5.11 Å². The van der Waals surface area contributed by atoms with Crippen LogP contribution in [-0.4, -0.2) is 39.3 Å². The zero-order valence-electron chi connectivity index (χ0n) is 12.3. The molecule has 0 bridgehead atoms. The smallest absolute Gasteiger partial charge is 0.240 e. The van der Waals surface area contributed by atoms with Crippen LogP contribution in [-0.2, 0) is 13.0 Å². The quantitative estimate of drug-likeness (QED) is 0.909. The Kier molecular flexibility index (Phi) is 4.31. The van der Waals surface area contributed by atoms with Gasteiger partial charge in [0.05, 0.1) is 12.6 Å². The lowest BCUT2D eigenvalue weighted by atomic mass is 10.0. The first-order chi connectivity index (χ1) is 10.2. The number of aromatic nitrogens is 2. The first kappa shape index (κ1) is 14.2. The first-order valence-corrected chi connectivity index (χ1v) is 7.46. The Balaban J connectivity index is 1.56. The van der Waals surface area contributed by atoms with E-state index in [4.69, 9.17) is 4.52 Å². The van der Waals surface area contributed by atoms with E-state index in [2.05, 4.69) is 27.2 Å². The van der Waals surface area contributed by atoms with E-state index in [1.54, 1.807) is 0 Å². The predicted molar refractivity (Wildman–Crippen MR) is 78.6 cm³/mol. The van der Waals surface area contributed by atoms with Crippen molar-refractivity contribution < 1.29 is 9.63 Å². The Morgan fingerprint density at radius 3 is 2.90 bits per heavy atom. The van der Waals surface area contributed by atoms with E-state index in [0.29, 0.717) is 24.8 Å². The topological polar surface area (TPSA) is 62.4 Å². The third kappa shape index (κ3) is 3.68. The number of rotatable bonds is 5. The fourth-order valence-electron chi connectivity index (χ4n) is 2.80. The molecule has 1 fully saturated rings. The van der Waals surface area contributed by atoms with E-state index >= 15 is 0 Å². The van der Waals surface area contributed by atoms with Gasteiger partial charge in [0.1, 0.15) is 0 Å². The van der Waals surface area contributed by atoms with Gasteiger partial charge in [0.25, 0.3) is 0 Å². The number of hydrogen-bond acceptors (Lipinski definition) is 5. The maximum absolute atomic E-state index is 9.63. The summed E-state index contributed by atoms with van der Waals surface area (Å²) in [6.07, 6.45) is 1.48. The Labute approximate surface area is 124 Å². The Morgan fingerprint density at radius 1 is 1.38 bits per heavy atom. The van der Waals surface area contributed by atoms with Crippen molar-refractivity contribution in [3.05, 3.63) is 47.6 Å². The van der Waals surface area contributed by atoms with Gasteiger partial charge >= 0.3 is 0 Å². The van der Waals surface area contributed by atoms with E-state index in [-0.39, 0.29) is 6.10 Å².